The van der Waals surface area contributed by atoms with Gasteiger partial charge in [-0.3, -0.25) is 4.21 Å². The normalized spacial score (nSPS) is 13.3. The molecule has 2 N–H and O–H groups in total. The Labute approximate surface area is 111 Å². The summed E-state index contributed by atoms with van der Waals surface area (Å²) < 4.78 is 22.9. The number of nitrogen functional groups attached to an aromatic ring is 1. The predicted molar refractivity (Wildman–Crippen MR) is 74.4 cm³/mol. The highest BCUT2D eigenvalue weighted by Crippen LogP contribution is 2.25. The first kappa shape index (κ1) is 15.0. The fourth-order valence-electron chi connectivity index (χ4n) is 1.41. The van der Waals surface area contributed by atoms with Gasteiger partial charge < -0.3 is 15.2 Å². The van der Waals surface area contributed by atoms with Gasteiger partial charge in [0.25, 0.3) is 0 Å². The van der Waals surface area contributed by atoms with Gasteiger partial charge in [0.05, 0.1) is 40.8 Å². The Morgan fingerprint density at radius 3 is 2.56 bits per heavy atom. The molecule has 0 saturated heterocycles. The molecule has 0 saturated carbocycles. The molecule has 0 aliphatic heterocycles. The lowest BCUT2D eigenvalue weighted by Gasteiger charge is -2.19. The van der Waals surface area contributed by atoms with Crippen LogP contribution in [0.5, 0.6) is 5.75 Å². The maximum absolute atomic E-state index is 12.1. The molecule has 1 rings (SSSR count). The van der Waals surface area contributed by atoms with E-state index in [4.69, 9.17) is 15.2 Å². The van der Waals surface area contributed by atoms with Gasteiger partial charge in [-0.05, 0) is 32.9 Å². The molecule has 0 spiro atoms. The van der Waals surface area contributed by atoms with Gasteiger partial charge in [-0.2, -0.15) is 0 Å². The van der Waals surface area contributed by atoms with Gasteiger partial charge in [0.2, 0.25) is 0 Å². The lowest BCUT2D eigenvalue weighted by Crippen LogP contribution is -2.22. The second-order valence-electron chi connectivity index (χ2n) is 4.92. The monoisotopic (exact) mass is 271 g/mol. The molecule has 0 aliphatic rings. The predicted octanol–water partition coefficient (Wildman–Crippen LogP) is 2.20. The van der Waals surface area contributed by atoms with E-state index >= 15 is 0 Å². The smallest absolute Gasteiger partial charge is 0.137 e. The molecule has 0 heterocycles. The van der Waals surface area contributed by atoms with Gasteiger partial charge >= 0.3 is 0 Å². The Balaban J connectivity index is 2.67. The highest BCUT2D eigenvalue weighted by Gasteiger charge is 2.14. The first-order valence-corrected chi connectivity index (χ1v) is 7.11. The van der Waals surface area contributed by atoms with Crippen LogP contribution in [0.2, 0.25) is 0 Å². The van der Waals surface area contributed by atoms with Crippen molar-refractivity contribution < 1.29 is 13.7 Å². The standard InChI is InChI=1S/C13H21NO3S/c1-13(2,3)17-7-8-18(15)12-6-5-10(14)9-11(12)16-4/h5-6,9H,7-8,14H2,1-4H3. The second-order valence-corrected chi connectivity index (χ2v) is 6.46. The summed E-state index contributed by atoms with van der Waals surface area (Å²) in [5, 5.41) is 0. The summed E-state index contributed by atoms with van der Waals surface area (Å²) in [6.07, 6.45) is 0. The van der Waals surface area contributed by atoms with Crippen molar-refractivity contribution in [1.29, 1.82) is 0 Å². The molecule has 0 radical (unpaired) electrons. The summed E-state index contributed by atoms with van der Waals surface area (Å²) in [7, 11) is 0.399. The topological polar surface area (TPSA) is 61.5 Å². The van der Waals surface area contributed by atoms with Crippen molar-refractivity contribution in [1.82, 2.24) is 0 Å². The Kier molecular flexibility index (Phi) is 5.16. The summed E-state index contributed by atoms with van der Waals surface area (Å²) in [4.78, 5) is 0.657. The van der Waals surface area contributed by atoms with Crippen molar-refractivity contribution in [2.75, 3.05) is 25.2 Å². The molecule has 1 unspecified atom stereocenters. The molecular weight excluding hydrogens is 250 g/mol. The van der Waals surface area contributed by atoms with Gasteiger partial charge in [0.15, 0.2) is 0 Å². The van der Waals surface area contributed by atoms with Crippen LogP contribution in [0, 0.1) is 0 Å². The molecule has 0 fully saturated rings. The van der Waals surface area contributed by atoms with Gasteiger partial charge in [0.1, 0.15) is 5.75 Å². The van der Waals surface area contributed by atoms with E-state index in [1.54, 1.807) is 25.3 Å². The molecule has 0 aromatic heterocycles. The molecule has 102 valence electrons. The number of methoxy groups -OCH3 is 1. The first-order valence-electron chi connectivity index (χ1n) is 5.79. The summed E-state index contributed by atoms with van der Waals surface area (Å²) in [6, 6.07) is 5.14. The number of anilines is 1. The highest BCUT2D eigenvalue weighted by atomic mass is 32.2. The van der Waals surface area contributed by atoms with E-state index in [-0.39, 0.29) is 5.60 Å². The van der Waals surface area contributed by atoms with Crippen LogP contribution in [0.3, 0.4) is 0 Å². The summed E-state index contributed by atoms with van der Waals surface area (Å²) in [5.74, 6) is 1.00. The van der Waals surface area contributed by atoms with E-state index in [0.717, 1.165) is 0 Å². The van der Waals surface area contributed by atoms with Gasteiger partial charge in [-0.1, -0.05) is 0 Å². The summed E-state index contributed by atoms with van der Waals surface area (Å²) in [6.45, 7) is 6.36. The van der Waals surface area contributed by atoms with E-state index in [0.29, 0.717) is 28.7 Å². The van der Waals surface area contributed by atoms with Crippen LogP contribution in [-0.2, 0) is 15.5 Å². The molecule has 5 heteroatoms. The number of benzene rings is 1. The number of hydrogen-bond donors (Lipinski definition) is 1. The molecule has 1 aromatic carbocycles. The third-order valence-electron chi connectivity index (χ3n) is 2.24. The zero-order chi connectivity index (χ0) is 13.8. The Morgan fingerprint density at radius 2 is 2.00 bits per heavy atom. The average molecular weight is 271 g/mol. The van der Waals surface area contributed by atoms with E-state index in [2.05, 4.69) is 0 Å². The molecule has 1 atom stereocenters. The molecular formula is C13H21NO3S. The molecule has 1 aromatic rings. The maximum atomic E-state index is 12.1. The fourth-order valence-corrected chi connectivity index (χ4v) is 2.45. The van der Waals surface area contributed by atoms with Gasteiger partial charge in [0, 0.05) is 11.8 Å². The third kappa shape index (κ3) is 4.66. The van der Waals surface area contributed by atoms with Gasteiger partial charge in [-0.15, -0.1) is 0 Å². The maximum Gasteiger partial charge on any atom is 0.137 e. The Bertz CT molecular complexity index is 427. The number of nitrogens with two attached hydrogens (primary N) is 1. The fraction of sp³-hybridized carbons (Fsp3) is 0.538. The molecule has 0 aliphatic carbocycles. The second kappa shape index (κ2) is 6.20. The van der Waals surface area contributed by atoms with Crippen LogP contribution < -0.4 is 10.5 Å². The van der Waals surface area contributed by atoms with Crippen LogP contribution in [0.15, 0.2) is 23.1 Å². The zero-order valence-electron chi connectivity index (χ0n) is 11.4. The minimum Gasteiger partial charge on any atom is -0.495 e. The van der Waals surface area contributed by atoms with Crippen LogP contribution in [0.1, 0.15) is 20.8 Å². The SMILES string of the molecule is COc1cc(N)ccc1S(=O)CCOC(C)(C)C. The number of ether oxygens (including phenoxy) is 2. The van der Waals surface area contributed by atoms with E-state index in [9.17, 15) is 4.21 Å². The molecule has 4 nitrogen and oxygen atoms in total. The van der Waals surface area contributed by atoms with Crippen LogP contribution in [0.25, 0.3) is 0 Å². The minimum absolute atomic E-state index is 0.213. The van der Waals surface area contributed by atoms with Crippen molar-refractivity contribution >= 4 is 16.5 Å². The van der Waals surface area contributed by atoms with Crippen molar-refractivity contribution in [3.63, 3.8) is 0 Å². The lowest BCUT2D eigenvalue weighted by atomic mass is 10.2. The summed E-state index contributed by atoms with van der Waals surface area (Å²) >= 11 is 0. The van der Waals surface area contributed by atoms with Crippen molar-refractivity contribution in [3.05, 3.63) is 18.2 Å². The molecule has 0 bridgehead atoms. The molecule has 18 heavy (non-hydrogen) atoms. The van der Waals surface area contributed by atoms with E-state index < -0.39 is 10.8 Å². The largest absolute Gasteiger partial charge is 0.495 e. The first-order chi connectivity index (χ1) is 8.33. The van der Waals surface area contributed by atoms with Crippen molar-refractivity contribution in [3.8, 4) is 5.75 Å². The third-order valence-corrected chi connectivity index (χ3v) is 3.60. The van der Waals surface area contributed by atoms with Crippen molar-refractivity contribution in [2.24, 2.45) is 0 Å². The van der Waals surface area contributed by atoms with Crippen LogP contribution in [-0.4, -0.2) is 29.3 Å². The Morgan fingerprint density at radius 1 is 1.33 bits per heavy atom. The van der Waals surface area contributed by atoms with E-state index in [1.165, 1.54) is 0 Å². The van der Waals surface area contributed by atoms with E-state index in [1.807, 2.05) is 20.8 Å². The quantitative estimate of drug-likeness (QED) is 0.834. The number of rotatable bonds is 5. The minimum atomic E-state index is -1.14. The average Bonchev–Trinajstić information content (AvgIpc) is 2.26. The van der Waals surface area contributed by atoms with Gasteiger partial charge in [-0.25, -0.2) is 0 Å². The highest BCUT2D eigenvalue weighted by molar-refractivity contribution is 7.85. The van der Waals surface area contributed by atoms with Crippen molar-refractivity contribution in [2.45, 2.75) is 31.3 Å². The lowest BCUT2D eigenvalue weighted by molar-refractivity contribution is 0.00668. The van der Waals surface area contributed by atoms with Crippen LogP contribution in [0.4, 0.5) is 5.69 Å². The Hall–Kier alpha value is -1.07. The number of hydrogen-bond acceptors (Lipinski definition) is 4. The molecule has 0 amide bonds. The van der Waals surface area contributed by atoms with Crippen LogP contribution >= 0.6 is 0 Å². The zero-order valence-corrected chi connectivity index (χ0v) is 12.2. The summed E-state index contributed by atoms with van der Waals surface area (Å²) in [5.41, 5.74) is 6.04.